The summed E-state index contributed by atoms with van der Waals surface area (Å²) in [5, 5.41) is 11.4. The van der Waals surface area contributed by atoms with Crippen LogP contribution in [0.25, 0.3) is 0 Å². The van der Waals surface area contributed by atoms with Gasteiger partial charge in [-0.2, -0.15) is 12.6 Å². The molecule has 0 amide bonds. The Balaban J connectivity index is 2.12. The molecule has 0 aliphatic rings. The van der Waals surface area contributed by atoms with Gasteiger partial charge in [0, 0.05) is 24.2 Å². The van der Waals surface area contributed by atoms with Gasteiger partial charge in [-0.15, -0.1) is 10.2 Å². The van der Waals surface area contributed by atoms with Gasteiger partial charge in [-0.05, 0) is 24.3 Å². The molecule has 6 nitrogen and oxygen atoms in total. The van der Waals surface area contributed by atoms with Crippen LogP contribution >= 0.6 is 24.2 Å². The number of halogens is 1. The predicted octanol–water partition coefficient (Wildman–Crippen LogP) is 3.46. The number of hydrogen-bond donors (Lipinski definition) is 2. The minimum absolute atomic E-state index is 0.292. The van der Waals surface area contributed by atoms with E-state index in [1.807, 2.05) is 18.2 Å². The van der Waals surface area contributed by atoms with Crippen LogP contribution in [-0.4, -0.2) is 36.8 Å². The largest absolute Gasteiger partial charge is 0.497 e. The highest BCUT2D eigenvalue weighted by molar-refractivity contribution is 7.80. The van der Waals surface area contributed by atoms with Gasteiger partial charge in [0.1, 0.15) is 17.2 Å². The highest BCUT2D eigenvalue weighted by Crippen LogP contribution is 2.28. The zero-order valence-electron chi connectivity index (χ0n) is 13.6. The lowest BCUT2D eigenvalue weighted by Crippen LogP contribution is -2.07. The van der Waals surface area contributed by atoms with Crippen molar-refractivity contribution in [3.63, 3.8) is 0 Å². The number of ether oxygens (including phenoxy) is 3. The van der Waals surface area contributed by atoms with E-state index in [1.54, 1.807) is 20.3 Å². The molecule has 0 fully saturated rings. The Labute approximate surface area is 151 Å². The van der Waals surface area contributed by atoms with Crippen LogP contribution in [0.15, 0.2) is 24.3 Å². The third kappa shape index (κ3) is 5.07. The van der Waals surface area contributed by atoms with Crippen molar-refractivity contribution < 1.29 is 14.2 Å². The summed E-state index contributed by atoms with van der Waals surface area (Å²) in [7, 11) is 3.24. The molecule has 0 saturated heterocycles. The Hall–Kier alpha value is -1.86. The van der Waals surface area contributed by atoms with Crippen molar-refractivity contribution in [2.75, 3.05) is 31.9 Å². The predicted molar refractivity (Wildman–Crippen MR) is 97.9 cm³/mol. The zero-order chi connectivity index (χ0) is 17.4. The molecule has 0 bridgehead atoms. The molecule has 0 spiro atoms. The van der Waals surface area contributed by atoms with Crippen molar-refractivity contribution in [3.8, 4) is 17.4 Å². The SMILES string of the molecule is COc1ccc(CNc2cc(Cl)nnc2OCCCS)c(OC)c1. The maximum atomic E-state index is 5.94. The average Bonchev–Trinajstić information content (AvgIpc) is 2.61. The molecule has 1 N–H and O–H groups in total. The molecule has 0 atom stereocenters. The molecule has 0 aliphatic heterocycles. The Kier molecular flexibility index (Phi) is 7.27. The number of methoxy groups -OCH3 is 2. The highest BCUT2D eigenvalue weighted by Gasteiger charge is 2.10. The standard InChI is InChI=1S/C16H20ClN3O3S/c1-21-12-5-4-11(14(8-12)22-2)10-18-13-9-15(17)19-20-16(13)23-6-3-7-24/h4-5,8-9,24H,3,6-7,10H2,1-2H3,(H,18,19). The van der Waals surface area contributed by atoms with Gasteiger partial charge >= 0.3 is 0 Å². The van der Waals surface area contributed by atoms with E-state index < -0.39 is 0 Å². The summed E-state index contributed by atoms with van der Waals surface area (Å²) >= 11 is 10.1. The molecule has 1 aromatic carbocycles. The van der Waals surface area contributed by atoms with Crippen LogP contribution in [0.3, 0.4) is 0 Å². The van der Waals surface area contributed by atoms with E-state index in [0.29, 0.717) is 29.9 Å². The maximum Gasteiger partial charge on any atom is 0.257 e. The Morgan fingerprint density at radius 2 is 2.00 bits per heavy atom. The number of anilines is 1. The number of thiol groups is 1. The van der Waals surface area contributed by atoms with Crippen LogP contribution in [0.5, 0.6) is 17.4 Å². The van der Waals surface area contributed by atoms with E-state index >= 15 is 0 Å². The van der Waals surface area contributed by atoms with Crippen molar-refractivity contribution in [2.45, 2.75) is 13.0 Å². The topological polar surface area (TPSA) is 65.5 Å². The number of hydrogen-bond acceptors (Lipinski definition) is 7. The number of aromatic nitrogens is 2. The van der Waals surface area contributed by atoms with Crippen LogP contribution in [0, 0.1) is 0 Å². The molecule has 0 radical (unpaired) electrons. The van der Waals surface area contributed by atoms with Crippen molar-refractivity contribution in [1.82, 2.24) is 10.2 Å². The normalized spacial score (nSPS) is 10.3. The van der Waals surface area contributed by atoms with Crippen LogP contribution in [-0.2, 0) is 6.54 Å². The number of nitrogens with zero attached hydrogens (tertiary/aromatic N) is 2. The Bertz CT molecular complexity index is 673. The smallest absolute Gasteiger partial charge is 0.257 e. The fourth-order valence-corrected chi connectivity index (χ4v) is 2.29. The van der Waals surface area contributed by atoms with Gasteiger partial charge in [-0.25, -0.2) is 0 Å². The second-order valence-corrected chi connectivity index (χ2v) is 5.68. The van der Waals surface area contributed by atoms with E-state index in [4.69, 9.17) is 25.8 Å². The van der Waals surface area contributed by atoms with Gasteiger partial charge < -0.3 is 19.5 Å². The van der Waals surface area contributed by atoms with Crippen molar-refractivity contribution in [3.05, 3.63) is 35.0 Å². The van der Waals surface area contributed by atoms with Crippen molar-refractivity contribution >= 4 is 29.9 Å². The Morgan fingerprint density at radius 3 is 2.71 bits per heavy atom. The third-order valence-corrected chi connectivity index (χ3v) is 3.74. The highest BCUT2D eigenvalue weighted by atomic mass is 35.5. The van der Waals surface area contributed by atoms with Crippen LogP contribution in [0.4, 0.5) is 5.69 Å². The second-order valence-electron chi connectivity index (χ2n) is 4.84. The van der Waals surface area contributed by atoms with Gasteiger partial charge in [0.05, 0.1) is 20.8 Å². The average molecular weight is 370 g/mol. The number of benzene rings is 1. The molecule has 0 saturated carbocycles. The van der Waals surface area contributed by atoms with Gasteiger partial charge in [0.2, 0.25) is 0 Å². The fourth-order valence-electron chi connectivity index (χ4n) is 2.01. The molecular formula is C16H20ClN3O3S. The Morgan fingerprint density at radius 1 is 1.17 bits per heavy atom. The first-order valence-corrected chi connectivity index (χ1v) is 8.40. The van der Waals surface area contributed by atoms with Crippen LogP contribution in [0.1, 0.15) is 12.0 Å². The summed E-state index contributed by atoms with van der Waals surface area (Å²) in [5.74, 6) is 2.62. The lowest BCUT2D eigenvalue weighted by molar-refractivity contribution is 0.304. The zero-order valence-corrected chi connectivity index (χ0v) is 15.2. The summed E-state index contributed by atoms with van der Waals surface area (Å²) in [6, 6.07) is 7.32. The molecule has 1 heterocycles. The summed E-state index contributed by atoms with van der Waals surface area (Å²) in [4.78, 5) is 0. The summed E-state index contributed by atoms with van der Waals surface area (Å²) in [5.41, 5.74) is 1.64. The van der Waals surface area contributed by atoms with Gasteiger partial charge in [-0.1, -0.05) is 11.6 Å². The molecule has 8 heteroatoms. The lowest BCUT2D eigenvalue weighted by atomic mass is 10.2. The molecule has 0 aliphatic carbocycles. The first-order chi connectivity index (χ1) is 11.7. The van der Waals surface area contributed by atoms with E-state index in [-0.39, 0.29) is 0 Å². The van der Waals surface area contributed by atoms with Gasteiger partial charge in [0.25, 0.3) is 5.88 Å². The summed E-state index contributed by atoms with van der Waals surface area (Å²) in [6.07, 6.45) is 0.819. The van der Waals surface area contributed by atoms with Crippen LogP contribution in [0.2, 0.25) is 5.15 Å². The van der Waals surface area contributed by atoms with Gasteiger partial charge in [-0.3, -0.25) is 0 Å². The monoisotopic (exact) mass is 369 g/mol. The number of nitrogens with one attached hydrogen (secondary N) is 1. The molecule has 0 unspecified atom stereocenters. The lowest BCUT2D eigenvalue weighted by Gasteiger charge is -2.14. The summed E-state index contributed by atoms with van der Waals surface area (Å²) in [6.45, 7) is 1.03. The molecule has 2 rings (SSSR count). The van der Waals surface area contributed by atoms with Crippen molar-refractivity contribution in [1.29, 1.82) is 0 Å². The van der Waals surface area contributed by atoms with E-state index in [0.717, 1.165) is 29.2 Å². The fraction of sp³-hybridized carbons (Fsp3) is 0.375. The molecule has 24 heavy (non-hydrogen) atoms. The van der Waals surface area contributed by atoms with E-state index in [2.05, 4.69) is 28.1 Å². The first kappa shape index (κ1) is 18.5. The molecular weight excluding hydrogens is 350 g/mol. The summed E-state index contributed by atoms with van der Waals surface area (Å²) < 4.78 is 16.2. The molecule has 2 aromatic rings. The van der Waals surface area contributed by atoms with Gasteiger partial charge in [0.15, 0.2) is 5.15 Å². The van der Waals surface area contributed by atoms with E-state index in [1.165, 1.54) is 0 Å². The minimum Gasteiger partial charge on any atom is -0.497 e. The van der Waals surface area contributed by atoms with Crippen LogP contribution < -0.4 is 19.5 Å². The number of rotatable bonds is 9. The minimum atomic E-state index is 0.292. The van der Waals surface area contributed by atoms with E-state index in [9.17, 15) is 0 Å². The first-order valence-electron chi connectivity index (χ1n) is 7.39. The molecule has 130 valence electrons. The maximum absolute atomic E-state index is 5.94. The third-order valence-electron chi connectivity index (χ3n) is 3.23. The molecule has 1 aromatic heterocycles. The second kappa shape index (κ2) is 9.44. The van der Waals surface area contributed by atoms with Crippen molar-refractivity contribution in [2.24, 2.45) is 0 Å². The quantitative estimate of drug-likeness (QED) is 0.521.